The van der Waals surface area contributed by atoms with Gasteiger partial charge in [-0.15, -0.1) is 0 Å². The molecule has 23 heavy (non-hydrogen) atoms. The first kappa shape index (κ1) is 15.1. The summed E-state index contributed by atoms with van der Waals surface area (Å²) in [5.74, 6) is 0. The lowest BCUT2D eigenvalue weighted by atomic mass is 10.0. The van der Waals surface area contributed by atoms with Crippen LogP contribution in [0.25, 0.3) is 10.9 Å². The monoisotopic (exact) mass is 311 g/mol. The molecule has 1 N–H and O–H groups in total. The van der Waals surface area contributed by atoms with Gasteiger partial charge in [-0.05, 0) is 43.5 Å². The topological polar surface area (TPSA) is 37.4 Å². The molecule has 4 nitrogen and oxygen atoms in total. The Kier molecular flexibility index (Phi) is 4.29. The fourth-order valence-electron chi connectivity index (χ4n) is 3.55. The molecular weight excluding hydrogens is 286 g/mol. The van der Waals surface area contributed by atoms with Gasteiger partial charge in [-0.2, -0.15) is 0 Å². The minimum absolute atomic E-state index is 0.638. The number of hydrogen-bond acceptors (Lipinski definition) is 4. The molecule has 4 rings (SSSR count). The number of fused-ring (bicyclic) bond motifs is 1. The normalized spacial score (nSPS) is 20.7. The van der Waals surface area contributed by atoms with Gasteiger partial charge in [0.05, 0.1) is 24.8 Å². The Morgan fingerprint density at radius 3 is 2.74 bits per heavy atom. The molecule has 1 aromatic heterocycles. The Balaban J connectivity index is 1.31. The molecule has 3 heterocycles. The summed E-state index contributed by atoms with van der Waals surface area (Å²) in [5.41, 5.74) is 3.51. The molecule has 2 saturated heterocycles. The van der Waals surface area contributed by atoms with Gasteiger partial charge in [-0.3, -0.25) is 9.88 Å². The van der Waals surface area contributed by atoms with Crippen LogP contribution in [0, 0.1) is 6.92 Å². The quantitative estimate of drug-likeness (QED) is 0.941. The number of nitrogens with one attached hydrogen (secondary N) is 1. The van der Waals surface area contributed by atoms with Crippen LogP contribution in [0.15, 0.2) is 30.3 Å². The van der Waals surface area contributed by atoms with Crippen LogP contribution in [-0.2, 0) is 11.3 Å². The van der Waals surface area contributed by atoms with E-state index in [2.05, 4.69) is 45.5 Å². The number of aromatic nitrogens is 1. The second-order valence-electron chi connectivity index (χ2n) is 6.86. The van der Waals surface area contributed by atoms with Crippen molar-refractivity contribution in [1.29, 1.82) is 0 Å². The summed E-state index contributed by atoms with van der Waals surface area (Å²) in [7, 11) is 0. The highest BCUT2D eigenvalue weighted by Crippen LogP contribution is 2.19. The zero-order valence-corrected chi connectivity index (χ0v) is 13.8. The van der Waals surface area contributed by atoms with Crippen molar-refractivity contribution in [1.82, 2.24) is 15.2 Å². The third kappa shape index (κ3) is 3.39. The molecule has 0 amide bonds. The first-order valence-electron chi connectivity index (χ1n) is 8.69. The summed E-state index contributed by atoms with van der Waals surface area (Å²) in [5, 5.41) is 4.96. The number of rotatable bonds is 4. The molecular formula is C19H25N3O. The van der Waals surface area contributed by atoms with E-state index in [1.807, 2.05) is 6.92 Å². The molecule has 2 aliphatic rings. The van der Waals surface area contributed by atoms with Crippen molar-refractivity contribution < 1.29 is 4.74 Å². The van der Waals surface area contributed by atoms with Crippen molar-refractivity contribution in [3.05, 3.63) is 41.6 Å². The van der Waals surface area contributed by atoms with Crippen LogP contribution in [0.5, 0.6) is 0 Å². The van der Waals surface area contributed by atoms with E-state index >= 15 is 0 Å². The Bertz CT molecular complexity index is 675. The first-order valence-corrected chi connectivity index (χ1v) is 8.69. The molecule has 0 radical (unpaired) electrons. The number of hydrogen-bond donors (Lipinski definition) is 1. The zero-order chi connectivity index (χ0) is 15.6. The van der Waals surface area contributed by atoms with Gasteiger partial charge >= 0.3 is 0 Å². The third-order valence-electron chi connectivity index (χ3n) is 5.15. The van der Waals surface area contributed by atoms with E-state index in [0.717, 1.165) is 31.0 Å². The summed E-state index contributed by atoms with van der Waals surface area (Å²) in [6.07, 6.45) is 2.48. The third-order valence-corrected chi connectivity index (χ3v) is 5.15. The maximum absolute atomic E-state index is 5.30. The lowest BCUT2D eigenvalue weighted by molar-refractivity contribution is -0.0719. The molecule has 0 unspecified atom stereocenters. The molecule has 0 bridgehead atoms. The van der Waals surface area contributed by atoms with Gasteiger partial charge in [-0.1, -0.05) is 12.1 Å². The minimum atomic E-state index is 0.638. The van der Waals surface area contributed by atoms with E-state index in [0.29, 0.717) is 12.1 Å². The molecule has 0 saturated carbocycles. The van der Waals surface area contributed by atoms with E-state index in [9.17, 15) is 0 Å². The van der Waals surface area contributed by atoms with Crippen LogP contribution in [0.2, 0.25) is 0 Å². The Morgan fingerprint density at radius 2 is 2.00 bits per heavy atom. The van der Waals surface area contributed by atoms with Gasteiger partial charge < -0.3 is 10.1 Å². The van der Waals surface area contributed by atoms with Gasteiger partial charge in [0.15, 0.2) is 0 Å². The van der Waals surface area contributed by atoms with Gasteiger partial charge in [-0.25, -0.2) is 0 Å². The van der Waals surface area contributed by atoms with Crippen LogP contribution in [-0.4, -0.2) is 48.3 Å². The second kappa shape index (κ2) is 6.56. The second-order valence-corrected chi connectivity index (χ2v) is 6.86. The van der Waals surface area contributed by atoms with Gasteiger partial charge in [0, 0.05) is 36.8 Å². The van der Waals surface area contributed by atoms with Crippen LogP contribution >= 0.6 is 0 Å². The number of likely N-dealkylation sites (tertiary alicyclic amines) is 1. The summed E-state index contributed by atoms with van der Waals surface area (Å²) in [4.78, 5) is 7.16. The molecule has 0 atom stereocenters. The average Bonchev–Trinajstić information content (AvgIpc) is 2.52. The van der Waals surface area contributed by atoms with Crippen LogP contribution in [0.3, 0.4) is 0 Å². The van der Waals surface area contributed by atoms with Crippen molar-refractivity contribution >= 4 is 10.9 Å². The number of nitrogens with zero attached hydrogens (tertiary/aromatic N) is 2. The molecule has 0 spiro atoms. The fourth-order valence-corrected chi connectivity index (χ4v) is 3.55. The molecule has 2 fully saturated rings. The lowest BCUT2D eigenvalue weighted by Crippen LogP contribution is -2.53. The van der Waals surface area contributed by atoms with Gasteiger partial charge in [0.1, 0.15) is 0 Å². The number of aryl methyl sites for hydroxylation is 1. The molecule has 122 valence electrons. The van der Waals surface area contributed by atoms with Crippen molar-refractivity contribution in [2.45, 2.75) is 38.4 Å². The standard InChI is InChI=1S/C19H25N3O/c1-14-2-4-16-10-15(3-5-19(16)21-14)11-20-17-6-8-22(9-7-17)18-12-23-13-18/h2-5,10,17-18,20H,6-9,11-13H2,1H3. The van der Waals surface area contributed by atoms with E-state index in [1.165, 1.54) is 36.9 Å². The Morgan fingerprint density at radius 1 is 1.17 bits per heavy atom. The maximum Gasteiger partial charge on any atom is 0.0705 e. The number of piperidine rings is 1. The lowest BCUT2D eigenvalue weighted by Gasteiger charge is -2.41. The highest BCUT2D eigenvalue weighted by Gasteiger charge is 2.29. The smallest absolute Gasteiger partial charge is 0.0705 e. The largest absolute Gasteiger partial charge is 0.378 e. The van der Waals surface area contributed by atoms with Crippen molar-refractivity contribution in [2.75, 3.05) is 26.3 Å². The van der Waals surface area contributed by atoms with E-state index in [4.69, 9.17) is 4.74 Å². The van der Waals surface area contributed by atoms with Gasteiger partial charge in [0.25, 0.3) is 0 Å². The Labute approximate surface area is 137 Å². The minimum Gasteiger partial charge on any atom is -0.378 e. The summed E-state index contributed by atoms with van der Waals surface area (Å²) >= 11 is 0. The van der Waals surface area contributed by atoms with Crippen LogP contribution < -0.4 is 5.32 Å². The molecule has 1 aromatic carbocycles. The van der Waals surface area contributed by atoms with Crippen molar-refractivity contribution in [3.8, 4) is 0 Å². The van der Waals surface area contributed by atoms with Crippen molar-refractivity contribution in [3.63, 3.8) is 0 Å². The molecule has 2 aliphatic heterocycles. The number of ether oxygens (including phenoxy) is 1. The zero-order valence-electron chi connectivity index (χ0n) is 13.8. The molecule has 2 aromatic rings. The SMILES string of the molecule is Cc1ccc2cc(CNC3CCN(C4COC4)CC3)ccc2n1. The molecule has 0 aliphatic carbocycles. The van der Waals surface area contributed by atoms with E-state index in [1.54, 1.807) is 0 Å². The summed E-state index contributed by atoms with van der Waals surface area (Å²) in [6, 6.07) is 12.2. The predicted molar refractivity (Wildman–Crippen MR) is 92.5 cm³/mol. The highest BCUT2D eigenvalue weighted by atomic mass is 16.5. The van der Waals surface area contributed by atoms with Crippen LogP contribution in [0.1, 0.15) is 24.1 Å². The Hall–Kier alpha value is -1.49. The predicted octanol–water partition coefficient (Wildman–Crippen LogP) is 2.50. The maximum atomic E-state index is 5.30. The highest BCUT2D eigenvalue weighted by molar-refractivity contribution is 5.79. The van der Waals surface area contributed by atoms with Gasteiger partial charge in [0.2, 0.25) is 0 Å². The number of pyridine rings is 1. The summed E-state index contributed by atoms with van der Waals surface area (Å²) < 4.78 is 5.30. The average molecular weight is 311 g/mol. The first-order chi connectivity index (χ1) is 11.3. The van der Waals surface area contributed by atoms with Crippen LogP contribution in [0.4, 0.5) is 0 Å². The van der Waals surface area contributed by atoms with E-state index < -0.39 is 0 Å². The van der Waals surface area contributed by atoms with Crippen molar-refractivity contribution in [2.24, 2.45) is 0 Å². The number of benzene rings is 1. The van der Waals surface area contributed by atoms with E-state index in [-0.39, 0.29) is 0 Å². The molecule has 4 heteroatoms. The summed E-state index contributed by atoms with van der Waals surface area (Å²) in [6.45, 7) is 7.25. The fraction of sp³-hybridized carbons (Fsp3) is 0.526.